The van der Waals surface area contributed by atoms with Crippen molar-refractivity contribution < 1.29 is 53.8 Å². The maximum absolute atomic E-state index is 11.4. The van der Waals surface area contributed by atoms with Crippen LogP contribution in [0, 0.1) is 0 Å². The summed E-state index contributed by atoms with van der Waals surface area (Å²) >= 11 is 0. The van der Waals surface area contributed by atoms with Crippen LogP contribution < -0.4 is 35.3 Å². The van der Waals surface area contributed by atoms with Crippen molar-refractivity contribution in [3.8, 4) is 0 Å². The summed E-state index contributed by atoms with van der Waals surface area (Å²) in [6.07, 6.45) is -2.41. The molecule has 0 aliphatic heterocycles. The molecule has 0 aliphatic carbocycles. The van der Waals surface area contributed by atoms with Crippen molar-refractivity contribution in [1.82, 2.24) is 0 Å². The van der Waals surface area contributed by atoms with E-state index in [4.69, 9.17) is 10.8 Å². The molecule has 88 valence electrons. The van der Waals surface area contributed by atoms with Crippen LogP contribution in [0.3, 0.4) is 0 Å². The Balaban J connectivity index is -0.000000845. The fourth-order valence-corrected chi connectivity index (χ4v) is 2.49. The molecule has 15 heavy (non-hydrogen) atoms. The maximum Gasteiger partial charge on any atom is 1.00 e. The van der Waals surface area contributed by atoms with Crippen molar-refractivity contribution >= 4 is 10.1 Å². The van der Waals surface area contributed by atoms with E-state index < -0.39 is 27.8 Å². The van der Waals surface area contributed by atoms with E-state index >= 15 is 0 Å². The molecule has 4 N–H and O–H groups in total. The SMILES string of the molecule is CC(O)OS(=O)(=O)C(CCN)C(C)O.[H-].[Na+]. The predicted octanol–water partition coefficient (Wildman–Crippen LogP) is -4.11. The molecule has 0 amide bonds. The number of aliphatic hydroxyl groups excluding tert-OH is 2. The van der Waals surface area contributed by atoms with Gasteiger partial charge < -0.3 is 17.4 Å². The summed E-state index contributed by atoms with van der Waals surface area (Å²) in [7, 11) is -3.96. The van der Waals surface area contributed by atoms with Crippen molar-refractivity contribution in [2.24, 2.45) is 5.73 Å². The maximum atomic E-state index is 11.4. The number of aliphatic hydroxyl groups is 2. The van der Waals surface area contributed by atoms with Gasteiger partial charge in [-0.05, 0) is 26.8 Å². The van der Waals surface area contributed by atoms with Gasteiger partial charge in [0.15, 0.2) is 6.29 Å². The first-order valence-electron chi connectivity index (χ1n) is 4.29. The van der Waals surface area contributed by atoms with Crippen LogP contribution in [-0.2, 0) is 14.3 Å². The summed E-state index contributed by atoms with van der Waals surface area (Å²) in [5.41, 5.74) is 5.20. The second kappa shape index (κ2) is 7.97. The van der Waals surface area contributed by atoms with Gasteiger partial charge in [-0.2, -0.15) is 8.42 Å². The number of hydrogen-bond acceptors (Lipinski definition) is 6. The smallest absolute Gasteiger partial charge is 1.00 e. The summed E-state index contributed by atoms with van der Waals surface area (Å²) in [6, 6.07) is 0. The van der Waals surface area contributed by atoms with Crippen LogP contribution in [-0.4, -0.2) is 42.8 Å². The summed E-state index contributed by atoms with van der Waals surface area (Å²) in [5, 5.41) is 16.9. The summed E-state index contributed by atoms with van der Waals surface area (Å²) in [4.78, 5) is 0. The first-order chi connectivity index (χ1) is 6.31. The van der Waals surface area contributed by atoms with E-state index in [1.54, 1.807) is 0 Å². The molecule has 0 spiro atoms. The minimum absolute atomic E-state index is 0. The molecular formula is C7H18NNaO5S. The Morgan fingerprint density at radius 1 is 1.40 bits per heavy atom. The number of nitrogens with two attached hydrogens (primary N) is 1. The molecule has 0 rings (SSSR count). The molecular weight excluding hydrogens is 233 g/mol. The number of hydrogen-bond donors (Lipinski definition) is 3. The van der Waals surface area contributed by atoms with Crippen LogP contribution in [0.25, 0.3) is 0 Å². The molecule has 3 atom stereocenters. The van der Waals surface area contributed by atoms with Gasteiger partial charge in [0.2, 0.25) is 0 Å². The van der Waals surface area contributed by atoms with Gasteiger partial charge in [0.1, 0.15) is 5.25 Å². The van der Waals surface area contributed by atoms with Crippen LogP contribution in [0.5, 0.6) is 0 Å². The van der Waals surface area contributed by atoms with E-state index in [0.717, 1.165) is 0 Å². The fraction of sp³-hybridized carbons (Fsp3) is 1.00. The molecule has 0 aliphatic rings. The topological polar surface area (TPSA) is 110 Å². The van der Waals surface area contributed by atoms with E-state index in [1.165, 1.54) is 13.8 Å². The van der Waals surface area contributed by atoms with E-state index in [1.807, 2.05) is 0 Å². The second-order valence-corrected chi connectivity index (χ2v) is 4.83. The van der Waals surface area contributed by atoms with Crippen molar-refractivity contribution in [3.05, 3.63) is 0 Å². The summed E-state index contributed by atoms with van der Waals surface area (Å²) < 4.78 is 27.1. The van der Waals surface area contributed by atoms with Crippen LogP contribution in [0.1, 0.15) is 21.7 Å². The van der Waals surface area contributed by atoms with E-state index in [-0.39, 0.29) is 43.9 Å². The van der Waals surface area contributed by atoms with Gasteiger partial charge in [-0.15, -0.1) is 0 Å². The Bertz CT molecular complexity index is 260. The molecule has 8 heteroatoms. The Hall–Kier alpha value is 0.790. The monoisotopic (exact) mass is 251 g/mol. The quantitative estimate of drug-likeness (QED) is 0.251. The normalized spacial score (nSPS) is 17.7. The zero-order valence-electron chi connectivity index (χ0n) is 10.3. The molecule has 0 aromatic carbocycles. The van der Waals surface area contributed by atoms with Gasteiger partial charge in [0.25, 0.3) is 10.1 Å². The predicted molar refractivity (Wildman–Crippen MR) is 51.9 cm³/mol. The van der Waals surface area contributed by atoms with Gasteiger partial charge in [0.05, 0.1) is 6.10 Å². The first kappa shape index (κ1) is 18.2. The minimum atomic E-state index is -3.96. The van der Waals surface area contributed by atoms with Crippen molar-refractivity contribution in [2.75, 3.05) is 6.54 Å². The summed E-state index contributed by atoms with van der Waals surface area (Å²) in [6.45, 7) is 2.64. The molecule has 0 fully saturated rings. The molecule has 3 unspecified atom stereocenters. The van der Waals surface area contributed by atoms with Crippen molar-refractivity contribution in [3.63, 3.8) is 0 Å². The van der Waals surface area contributed by atoms with Crippen molar-refractivity contribution in [1.29, 1.82) is 0 Å². The third-order valence-corrected chi connectivity index (χ3v) is 3.55. The zero-order chi connectivity index (χ0) is 11.4. The largest absolute Gasteiger partial charge is 1.00 e. The second-order valence-electron chi connectivity index (χ2n) is 3.04. The van der Waals surface area contributed by atoms with E-state index in [0.29, 0.717) is 0 Å². The Kier molecular flexibility index (Phi) is 9.65. The zero-order valence-corrected chi connectivity index (χ0v) is 12.1. The van der Waals surface area contributed by atoms with Gasteiger partial charge >= 0.3 is 29.6 Å². The van der Waals surface area contributed by atoms with Gasteiger partial charge in [-0.3, -0.25) is 0 Å². The van der Waals surface area contributed by atoms with E-state index in [9.17, 15) is 13.5 Å². The molecule has 0 aromatic heterocycles. The third kappa shape index (κ3) is 6.85. The first-order valence-corrected chi connectivity index (χ1v) is 5.76. The Morgan fingerprint density at radius 3 is 2.13 bits per heavy atom. The van der Waals surface area contributed by atoms with Crippen LogP contribution in [0.15, 0.2) is 0 Å². The Labute approximate surface area is 114 Å². The molecule has 0 saturated heterocycles. The third-order valence-electron chi connectivity index (χ3n) is 1.63. The standard InChI is InChI=1S/C7H17NO5S.Na.H/c1-5(9)7(3-4-8)14(11,12)13-6(2)10;;/h5-7,9-10H,3-4,8H2,1-2H3;;/q;+1;-1. The van der Waals surface area contributed by atoms with Gasteiger partial charge in [-0.1, -0.05) is 0 Å². The molecule has 0 aromatic rings. The molecule has 0 heterocycles. The Morgan fingerprint density at radius 2 is 1.87 bits per heavy atom. The van der Waals surface area contributed by atoms with Crippen LogP contribution >= 0.6 is 0 Å². The van der Waals surface area contributed by atoms with Gasteiger partial charge in [0, 0.05) is 0 Å². The minimum Gasteiger partial charge on any atom is -1.00 e. The van der Waals surface area contributed by atoms with Crippen LogP contribution in [0.2, 0.25) is 0 Å². The molecule has 6 nitrogen and oxygen atoms in total. The van der Waals surface area contributed by atoms with Crippen LogP contribution in [0.4, 0.5) is 0 Å². The molecule has 0 bridgehead atoms. The fourth-order valence-electron chi connectivity index (χ4n) is 1.06. The molecule has 0 saturated carbocycles. The average molecular weight is 251 g/mol. The van der Waals surface area contributed by atoms with Gasteiger partial charge in [-0.25, -0.2) is 4.18 Å². The molecule has 0 radical (unpaired) electrons. The van der Waals surface area contributed by atoms with Crippen molar-refractivity contribution in [2.45, 2.75) is 37.9 Å². The average Bonchev–Trinajstić information content (AvgIpc) is 1.96. The number of rotatable bonds is 6. The summed E-state index contributed by atoms with van der Waals surface area (Å²) in [5.74, 6) is 0. The van der Waals surface area contributed by atoms with E-state index in [2.05, 4.69) is 4.18 Å².